The Bertz CT molecular complexity index is 331. The molecule has 1 aromatic carbocycles. The van der Waals surface area contributed by atoms with Crippen molar-refractivity contribution in [3.8, 4) is 5.75 Å². The van der Waals surface area contributed by atoms with E-state index in [4.69, 9.17) is 9.47 Å². The molecule has 0 aromatic heterocycles. The summed E-state index contributed by atoms with van der Waals surface area (Å²) in [7, 11) is 1.64. The fourth-order valence-corrected chi connectivity index (χ4v) is 2.41. The summed E-state index contributed by atoms with van der Waals surface area (Å²) in [4.78, 5) is 0. The average Bonchev–Trinajstić information content (AvgIpc) is 2.40. The van der Waals surface area contributed by atoms with Gasteiger partial charge in [0.1, 0.15) is 12.4 Å². The maximum absolute atomic E-state index is 10.2. The van der Waals surface area contributed by atoms with Crippen molar-refractivity contribution < 1.29 is 14.6 Å². The fourth-order valence-electron chi connectivity index (χ4n) is 1.55. The molecule has 1 atom stereocenters. The van der Waals surface area contributed by atoms with Crippen molar-refractivity contribution in [2.75, 3.05) is 31.8 Å². The maximum Gasteiger partial charge on any atom is 0.125 e. The lowest BCUT2D eigenvalue weighted by molar-refractivity contribution is 0.141. The minimum Gasteiger partial charge on any atom is -0.491 e. The summed E-state index contributed by atoms with van der Waals surface area (Å²) in [6.07, 6.45) is 0.656. The van der Waals surface area contributed by atoms with Gasteiger partial charge in [-0.3, -0.25) is 0 Å². The van der Waals surface area contributed by atoms with Crippen LogP contribution in [0.3, 0.4) is 0 Å². The summed E-state index contributed by atoms with van der Waals surface area (Å²) in [6, 6.07) is 7.64. The molecule has 0 amide bonds. The van der Waals surface area contributed by atoms with E-state index in [1.54, 1.807) is 18.9 Å². The lowest BCUT2D eigenvalue weighted by Crippen LogP contribution is -2.09. The Labute approximate surface area is 113 Å². The number of aliphatic hydroxyl groups is 1. The predicted molar refractivity (Wildman–Crippen MR) is 76.4 cm³/mol. The quantitative estimate of drug-likeness (QED) is 0.700. The smallest absolute Gasteiger partial charge is 0.125 e. The molecule has 0 aliphatic carbocycles. The van der Waals surface area contributed by atoms with Crippen LogP contribution in [0.2, 0.25) is 0 Å². The molecule has 0 aliphatic heterocycles. The van der Waals surface area contributed by atoms with Gasteiger partial charge in [0, 0.05) is 18.4 Å². The monoisotopic (exact) mass is 270 g/mol. The summed E-state index contributed by atoms with van der Waals surface area (Å²) in [5.74, 6) is 2.53. The summed E-state index contributed by atoms with van der Waals surface area (Å²) < 4.78 is 10.6. The van der Waals surface area contributed by atoms with Crippen LogP contribution in [-0.2, 0) is 4.74 Å². The van der Waals surface area contributed by atoms with Gasteiger partial charge in [-0.25, -0.2) is 0 Å². The van der Waals surface area contributed by atoms with Crippen LogP contribution in [0, 0.1) is 0 Å². The number of thioether (sulfide) groups is 1. The van der Waals surface area contributed by atoms with Gasteiger partial charge < -0.3 is 14.6 Å². The van der Waals surface area contributed by atoms with Crippen molar-refractivity contribution in [1.29, 1.82) is 0 Å². The molecule has 3 nitrogen and oxygen atoms in total. The maximum atomic E-state index is 10.2. The van der Waals surface area contributed by atoms with Gasteiger partial charge >= 0.3 is 0 Å². The highest BCUT2D eigenvalue weighted by atomic mass is 32.2. The van der Waals surface area contributed by atoms with E-state index in [9.17, 15) is 5.11 Å². The van der Waals surface area contributed by atoms with Gasteiger partial charge in [0.2, 0.25) is 0 Å². The van der Waals surface area contributed by atoms with Crippen LogP contribution in [0.4, 0.5) is 0 Å². The Kier molecular flexibility index (Phi) is 7.89. The molecule has 1 aromatic rings. The van der Waals surface area contributed by atoms with Crippen molar-refractivity contribution in [1.82, 2.24) is 0 Å². The van der Waals surface area contributed by atoms with Crippen LogP contribution in [0.15, 0.2) is 24.3 Å². The number of rotatable bonds is 9. The summed E-state index contributed by atoms with van der Waals surface area (Å²) in [5.41, 5.74) is 0.859. The van der Waals surface area contributed by atoms with E-state index in [1.165, 1.54) is 0 Å². The van der Waals surface area contributed by atoms with Gasteiger partial charge in [-0.1, -0.05) is 25.1 Å². The number of methoxy groups -OCH3 is 1. The van der Waals surface area contributed by atoms with Crippen molar-refractivity contribution >= 4 is 11.8 Å². The van der Waals surface area contributed by atoms with Crippen molar-refractivity contribution in [2.24, 2.45) is 0 Å². The molecular formula is C14H22O3S. The van der Waals surface area contributed by atoms with Crippen LogP contribution in [0.1, 0.15) is 25.0 Å². The third-order valence-electron chi connectivity index (χ3n) is 2.45. The third-order valence-corrected chi connectivity index (χ3v) is 3.70. The van der Waals surface area contributed by atoms with E-state index in [0.717, 1.165) is 23.5 Å². The fraction of sp³-hybridized carbons (Fsp3) is 0.571. The number of hydrogen-bond donors (Lipinski definition) is 1. The first-order valence-corrected chi connectivity index (χ1v) is 7.41. The second-order valence-electron chi connectivity index (χ2n) is 3.97. The van der Waals surface area contributed by atoms with Crippen LogP contribution in [0.25, 0.3) is 0 Å². The topological polar surface area (TPSA) is 38.7 Å². The lowest BCUT2D eigenvalue weighted by Gasteiger charge is -2.15. The number of aliphatic hydroxyl groups excluding tert-OH is 1. The Morgan fingerprint density at radius 2 is 2.06 bits per heavy atom. The van der Waals surface area contributed by atoms with Gasteiger partial charge in [0.15, 0.2) is 0 Å². The van der Waals surface area contributed by atoms with Crippen molar-refractivity contribution in [2.45, 2.75) is 19.4 Å². The first-order valence-electron chi connectivity index (χ1n) is 6.26. The molecule has 1 N–H and O–H groups in total. The molecule has 1 unspecified atom stereocenters. The molecular weight excluding hydrogens is 248 g/mol. The summed E-state index contributed by atoms with van der Waals surface area (Å²) in [6.45, 7) is 3.19. The molecule has 0 heterocycles. The van der Waals surface area contributed by atoms with Gasteiger partial charge in [-0.15, -0.1) is 0 Å². The number of ether oxygens (including phenoxy) is 2. The minimum atomic E-state index is -0.472. The Hall–Kier alpha value is -0.710. The molecule has 18 heavy (non-hydrogen) atoms. The Balaban J connectivity index is 2.56. The zero-order chi connectivity index (χ0) is 13.2. The molecule has 102 valence electrons. The zero-order valence-electron chi connectivity index (χ0n) is 11.1. The van der Waals surface area contributed by atoms with Gasteiger partial charge in [-0.2, -0.15) is 11.8 Å². The van der Waals surface area contributed by atoms with Crippen LogP contribution < -0.4 is 4.74 Å². The molecule has 0 bridgehead atoms. The molecule has 0 saturated carbocycles. The Morgan fingerprint density at radius 3 is 2.78 bits per heavy atom. The largest absolute Gasteiger partial charge is 0.491 e. The van der Waals surface area contributed by atoms with E-state index in [2.05, 4.69) is 6.92 Å². The summed E-state index contributed by atoms with van der Waals surface area (Å²) >= 11 is 1.76. The summed E-state index contributed by atoms with van der Waals surface area (Å²) in [5, 5.41) is 10.2. The SMILES string of the molecule is CCCSCC(O)c1ccccc1OCCOC. The molecule has 0 fully saturated rings. The highest BCUT2D eigenvalue weighted by Crippen LogP contribution is 2.27. The van der Waals surface area contributed by atoms with Gasteiger partial charge in [-0.05, 0) is 18.2 Å². The molecule has 0 aliphatic rings. The number of hydrogen-bond acceptors (Lipinski definition) is 4. The molecule has 1 rings (SSSR count). The van der Waals surface area contributed by atoms with E-state index >= 15 is 0 Å². The van der Waals surface area contributed by atoms with Crippen LogP contribution >= 0.6 is 11.8 Å². The van der Waals surface area contributed by atoms with E-state index in [-0.39, 0.29) is 0 Å². The van der Waals surface area contributed by atoms with Crippen molar-refractivity contribution in [3.05, 3.63) is 29.8 Å². The van der Waals surface area contributed by atoms with Gasteiger partial charge in [0.05, 0.1) is 12.7 Å². The van der Waals surface area contributed by atoms with E-state index in [1.807, 2.05) is 24.3 Å². The first kappa shape index (κ1) is 15.3. The average molecular weight is 270 g/mol. The first-order chi connectivity index (χ1) is 8.79. The lowest BCUT2D eigenvalue weighted by atomic mass is 10.1. The van der Waals surface area contributed by atoms with Gasteiger partial charge in [0.25, 0.3) is 0 Å². The van der Waals surface area contributed by atoms with E-state index < -0.39 is 6.10 Å². The number of benzene rings is 1. The highest BCUT2D eigenvalue weighted by molar-refractivity contribution is 7.99. The molecule has 0 radical (unpaired) electrons. The van der Waals surface area contributed by atoms with Crippen LogP contribution in [-0.4, -0.2) is 36.9 Å². The zero-order valence-corrected chi connectivity index (χ0v) is 11.9. The molecule has 0 saturated heterocycles. The second-order valence-corrected chi connectivity index (χ2v) is 5.12. The minimum absolute atomic E-state index is 0.472. The van der Waals surface area contributed by atoms with Crippen LogP contribution in [0.5, 0.6) is 5.75 Å². The standard InChI is InChI=1S/C14H22O3S/c1-3-10-18-11-13(15)12-6-4-5-7-14(12)17-9-8-16-2/h4-7,13,15H,3,8-11H2,1-2H3. The predicted octanol–water partition coefficient (Wildman–Crippen LogP) is 2.89. The highest BCUT2D eigenvalue weighted by Gasteiger charge is 2.12. The normalized spacial score (nSPS) is 12.4. The third kappa shape index (κ3) is 5.29. The molecule has 0 spiro atoms. The second kappa shape index (κ2) is 9.25. The number of para-hydroxylation sites is 1. The van der Waals surface area contributed by atoms with Crippen molar-refractivity contribution in [3.63, 3.8) is 0 Å². The Morgan fingerprint density at radius 1 is 1.28 bits per heavy atom. The van der Waals surface area contributed by atoms with E-state index in [0.29, 0.717) is 19.0 Å². The molecule has 4 heteroatoms.